The highest BCUT2D eigenvalue weighted by Crippen LogP contribution is 2.25. The molecule has 0 bridgehead atoms. The molecule has 0 unspecified atom stereocenters. The van der Waals surface area contributed by atoms with Gasteiger partial charge in [0.15, 0.2) is 0 Å². The third-order valence-corrected chi connectivity index (χ3v) is 3.31. The summed E-state index contributed by atoms with van der Waals surface area (Å²) >= 11 is 3.40. The van der Waals surface area contributed by atoms with Gasteiger partial charge in [0.2, 0.25) is 0 Å². The zero-order valence-corrected chi connectivity index (χ0v) is 14.4. The van der Waals surface area contributed by atoms with E-state index in [4.69, 9.17) is 4.74 Å². The highest BCUT2D eigenvalue weighted by Gasteiger charge is 2.19. The van der Waals surface area contributed by atoms with Crippen molar-refractivity contribution in [1.82, 2.24) is 5.32 Å². The molecule has 0 aliphatic heterocycles. The van der Waals surface area contributed by atoms with Crippen molar-refractivity contribution in [3.05, 3.63) is 33.8 Å². The van der Waals surface area contributed by atoms with E-state index in [9.17, 15) is 9.59 Å². The minimum atomic E-state index is -0.546. The van der Waals surface area contributed by atoms with Gasteiger partial charge >= 0.3 is 12.1 Å². The number of benzene rings is 1. The number of carbonyl (C=O) groups excluding carboxylic acids is 2. The maximum atomic E-state index is 11.8. The Bertz CT molecular complexity index is 537. The van der Waals surface area contributed by atoms with Gasteiger partial charge in [-0.3, -0.25) is 0 Å². The number of nitrogens with one attached hydrogen (secondary N) is 1. The first kappa shape index (κ1) is 17.5. The highest BCUT2D eigenvalue weighted by atomic mass is 79.9. The summed E-state index contributed by atoms with van der Waals surface area (Å²) in [5.41, 5.74) is 0.738. The lowest BCUT2D eigenvalue weighted by Crippen LogP contribution is -2.34. The highest BCUT2D eigenvalue weighted by molar-refractivity contribution is 9.10. The van der Waals surface area contributed by atoms with Gasteiger partial charge in [0.05, 0.1) is 18.7 Å². The summed E-state index contributed by atoms with van der Waals surface area (Å²) in [6, 6.07) is 4.81. The number of ether oxygens (including phenoxy) is 2. The molecule has 1 N–H and O–H groups in total. The molecule has 0 fully saturated rings. The number of hydrogen-bond acceptors (Lipinski definition) is 4. The van der Waals surface area contributed by atoms with Crippen LogP contribution in [0, 0.1) is 0 Å². The molecule has 0 radical (unpaired) electrons. The Hall–Kier alpha value is -1.56. The maximum absolute atomic E-state index is 11.8. The van der Waals surface area contributed by atoms with E-state index in [2.05, 4.69) is 26.0 Å². The standard InChI is InChI=1S/C15H20BrNO4/c1-9(17-14(19)21-15(2,3)4)11-7-6-10(8-12(11)16)13(18)20-5/h6-9H,1-5H3,(H,17,19)/t9-/m0/s1. The van der Waals surface area contributed by atoms with Crippen molar-refractivity contribution < 1.29 is 19.1 Å². The first-order valence-electron chi connectivity index (χ1n) is 6.51. The lowest BCUT2D eigenvalue weighted by Gasteiger charge is -2.22. The maximum Gasteiger partial charge on any atom is 0.408 e. The summed E-state index contributed by atoms with van der Waals surface area (Å²) in [7, 11) is 1.33. The number of amides is 1. The molecule has 0 saturated heterocycles. The second-order valence-electron chi connectivity index (χ2n) is 5.60. The van der Waals surface area contributed by atoms with Crippen LogP contribution in [0.3, 0.4) is 0 Å². The summed E-state index contributed by atoms with van der Waals surface area (Å²) in [6.45, 7) is 7.25. The molecule has 0 aliphatic carbocycles. The van der Waals surface area contributed by atoms with Crippen molar-refractivity contribution >= 4 is 28.0 Å². The van der Waals surface area contributed by atoms with Crippen LogP contribution in [0.1, 0.15) is 49.7 Å². The SMILES string of the molecule is COC(=O)c1ccc([C@H](C)NC(=O)OC(C)(C)C)c(Br)c1. The normalized spacial score (nSPS) is 12.5. The van der Waals surface area contributed by atoms with Crippen LogP contribution < -0.4 is 5.32 Å². The minimum Gasteiger partial charge on any atom is -0.465 e. The molecule has 1 aromatic carbocycles. The number of rotatable bonds is 3. The van der Waals surface area contributed by atoms with E-state index in [0.29, 0.717) is 10.0 Å². The van der Waals surface area contributed by atoms with E-state index >= 15 is 0 Å². The number of esters is 1. The Labute approximate surface area is 133 Å². The zero-order valence-electron chi connectivity index (χ0n) is 12.8. The van der Waals surface area contributed by atoms with Crippen molar-refractivity contribution in [2.45, 2.75) is 39.3 Å². The Morgan fingerprint density at radius 2 is 1.90 bits per heavy atom. The summed E-state index contributed by atoms with van der Waals surface area (Å²) in [5, 5.41) is 2.75. The minimum absolute atomic E-state index is 0.263. The molecule has 1 aromatic rings. The van der Waals surface area contributed by atoms with E-state index in [0.717, 1.165) is 5.56 Å². The number of methoxy groups -OCH3 is 1. The average molecular weight is 358 g/mol. The predicted octanol–water partition coefficient (Wildman–Crippen LogP) is 3.82. The van der Waals surface area contributed by atoms with E-state index < -0.39 is 17.7 Å². The predicted molar refractivity (Wildman–Crippen MR) is 83.3 cm³/mol. The van der Waals surface area contributed by atoms with Crippen molar-refractivity contribution in [1.29, 1.82) is 0 Å². The van der Waals surface area contributed by atoms with Crippen LogP contribution in [0.2, 0.25) is 0 Å². The third kappa shape index (κ3) is 5.38. The van der Waals surface area contributed by atoms with Crippen molar-refractivity contribution in [2.24, 2.45) is 0 Å². The Balaban J connectivity index is 2.81. The van der Waals surface area contributed by atoms with Crippen LogP contribution >= 0.6 is 15.9 Å². The van der Waals surface area contributed by atoms with Gasteiger partial charge in [-0.05, 0) is 45.4 Å². The first-order chi connectivity index (χ1) is 9.64. The molecule has 1 rings (SSSR count). The molecule has 5 nitrogen and oxygen atoms in total. The fraction of sp³-hybridized carbons (Fsp3) is 0.467. The van der Waals surface area contributed by atoms with Crippen LogP contribution in [0.4, 0.5) is 4.79 Å². The van der Waals surface area contributed by atoms with Gasteiger partial charge in [0.25, 0.3) is 0 Å². The van der Waals surface area contributed by atoms with Gasteiger partial charge in [0.1, 0.15) is 5.60 Å². The van der Waals surface area contributed by atoms with Gasteiger partial charge in [-0.15, -0.1) is 0 Å². The van der Waals surface area contributed by atoms with E-state index in [1.807, 2.05) is 6.92 Å². The number of hydrogen-bond donors (Lipinski definition) is 1. The molecule has 0 aliphatic rings. The fourth-order valence-electron chi connectivity index (χ4n) is 1.69. The molecule has 116 valence electrons. The van der Waals surface area contributed by atoms with Crippen molar-refractivity contribution in [3.63, 3.8) is 0 Å². The molecule has 1 amide bonds. The van der Waals surface area contributed by atoms with Crippen LogP contribution in [-0.2, 0) is 9.47 Å². The Morgan fingerprint density at radius 1 is 1.29 bits per heavy atom. The Morgan fingerprint density at radius 3 is 2.38 bits per heavy atom. The monoisotopic (exact) mass is 357 g/mol. The lowest BCUT2D eigenvalue weighted by molar-refractivity contribution is 0.0506. The smallest absolute Gasteiger partial charge is 0.408 e. The van der Waals surface area contributed by atoms with Gasteiger partial charge < -0.3 is 14.8 Å². The average Bonchev–Trinajstić information content (AvgIpc) is 2.34. The molecule has 0 aromatic heterocycles. The van der Waals surface area contributed by atoms with Gasteiger partial charge in [-0.2, -0.15) is 0 Å². The quantitative estimate of drug-likeness (QED) is 0.835. The van der Waals surface area contributed by atoms with Crippen LogP contribution in [-0.4, -0.2) is 24.8 Å². The number of halogens is 1. The molecule has 0 spiro atoms. The Kier molecular flexibility index (Phi) is 5.78. The van der Waals surface area contributed by atoms with Crippen molar-refractivity contribution in [2.75, 3.05) is 7.11 Å². The topological polar surface area (TPSA) is 64.6 Å². The van der Waals surface area contributed by atoms with E-state index in [-0.39, 0.29) is 6.04 Å². The molecule has 1 atom stereocenters. The molecule has 0 saturated carbocycles. The first-order valence-corrected chi connectivity index (χ1v) is 7.30. The van der Waals surface area contributed by atoms with Crippen LogP contribution in [0.5, 0.6) is 0 Å². The molecular weight excluding hydrogens is 338 g/mol. The second kappa shape index (κ2) is 6.93. The fourth-order valence-corrected chi connectivity index (χ4v) is 2.41. The van der Waals surface area contributed by atoms with E-state index in [1.54, 1.807) is 39.0 Å². The van der Waals surface area contributed by atoms with Gasteiger partial charge in [-0.1, -0.05) is 22.0 Å². The zero-order chi connectivity index (χ0) is 16.2. The summed E-state index contributed by atoms with van der Waals surface area (Å²) in [5.74, 6) is -0.407. The van der Waals surface area contributed by atoms with E-state index in [1.165, 1.54) is 7.11 Å². The summed E-state index contributed by atoms with van der Waals surface area (Å²) in [4.78, 5) is 23.2. The summed E-state index contributed by atoms with van der Waals surface area (Å²) < 4.78 is 10.6. The molecule has 6 heteroatoms. The van der Waals surface area contributed by atoms with Gasteiger partial charge in [0, 0.05) is 4.47 Å². The van der Waals surface area contributed by atoms with Crippen LogP contribution in [0.15, 0.2) is 22.7 Å². The third-order valence-electron chi connectivity index (χ3n) is 2.62. The van der Waals surface area contributed by atoms with Crippen LogP contribution in [0.25, 0.3) is 0 Å². The number of alkyl carbamates (subject to hydrolysis) is 1. The number of carbonyl (C=O) groups is 2. The lowest BCUT2D eigenvalue weighted by atomic mass is 10.1. The second-order valence-corrected chi connectivity index (χ2v) is 6.45. The molecule has 0 heterocycles. The molecule has 21 heavy (non-hydrogen) atoms. The van der Waals surface area contributed by atoms with Gasteiger partial charge in [-0.25, -0.2) is 9.59 Å². The summed E-state index contributed by atoms with van der Waals surface area (Å²) in [6.07, 6.45) is -0.487. The largest absolute Gasteiger partial charge is 0.465 e. The molecular formula is C15H20BrNO4. The van der Waals surface area contributed by atoms with Crippen molar-refractivity contribution in [3.8, 4) is 0 Å².